The molecule has 0 aromatic heterocycles. The Morgan fingerprint density at radius 3 is 2.29 bits per heavy atom. The second kappa shape index (κ2) is 6.40. The molecule has 1 atom stereocenters. The minimum Gasteiger partial charge on any atom is -0.480 e. The van der Waals surface area contributed by atoms with Crippen LogP contribution in [0.25, 0.3) is 0 Å². The molecule has 0 fully saturated rings. The number of carbonyl (C=O) groups is 2. The van der Waals surface area contributed by atoms with E-state index in [1.165, 1.54) is 0 Å². The summed E-state index contributed by atoms with van der Waals surface area (Å²) in [5.41, 5.74) is 0. The number of carboxylic acids is 1. The summed E-state index contributed by atoms with van der Waals surface area (Å²) in [6, 6.07) is 0. The molecule has 0 bridgehead atoms. The van der Waals surface area contributed by atoms with Crippen molar-refractivity contribution in [3.05, 3.63) is 0 Å². The maximum Gasteiger partial charge on any atom is 0.322 e. The zero-order valence-electron chi connectivity index (χ0n) is 9.04. The van der Waals surface area contributed by atoms with Crippen LogP contribution in [-0.2, 0) is 9.59 Å². The first kappa shape index (κ1) is 12.9. The minimum absolute atomic E-state index is 0.180. The Balaban J connectivity index is 3.65. The summed E-state index contributed by atoms with van der Waals surface area (Å²) in [6.07, 6.45) is 1.39. The van der Waals surface area contributed by atoms with E-state index in [9.17, 15) is 9.59 Å². The van der Waals surface area contributed by atoms with Gasteiger partial charge in [0, 0.05) is 6.42 Å². The zero-order chi connectivity index (χ0) is 11.1. The summed E-state index contributed by atoms with van der Waals surface area (Å²) >= 11 is 0. The van der Waals surface area contributed by atoms with Gasteiger partial charge in [0.1, 0.15) is 6.54 Å². The van der Waals surface area contributed by atoms with Crippen molar-refractivity contribution in [1.29, 1.82) is 0 Å². The molecule has 1 amide bonds. The number of nitrogens with one attached hydrogen (secondary N) is 1. The van der Waals surface area contributed by atoms with Crippen LogP contribution in [0.15, 0.2) is 0 Å². The molecule has 82 valence electrons. The summed E-state index contributed by atoms with van der Waals surface area (Å²) in [5, 5.41) is 10.7. The average molecular weight is 201 g/mol. The van der Waals surface area contributed by atoms with Crippen LogP contribution in [-0.4, -0.2) is 23.5 Å². The largest absolute Gasteiger partial charge is 0.480 e. The van der Waals surface area contributed by atoms with E-state index in [1.807, 2.05) is 6.92 Å². The molecule has 0 spiro atoms. The molecule has 4 heteroatoms. The Kier molecular flexibility index (Phi) is 5.92. The normalized spacial score (nSPS) is 12.6. The summed E-state index contributed by atoms with van der Waals surface area (Å²) < 4.78 is 0. The lowest BCUT2D eigenvalue weighted by Crippen LogP contribution is -2.30. The quantitative estimate of drug-likeness (QED) is 0.680. The molecule has 4 nitrogen and oxygen atoms in total. The van der Waals surface area contributed by atoms with E-state index >= 15 is 0 Å². The fraction of sp³-hybridized carbons (Fsp3) is 0.800. The van der Waals surface area contributed by atoms with E-state index in [2.05, 4.69) is 19.2 Å². The van der Waals surface area contributed by atoms with Gasteiger partial charge in [-0.2, -0.15) is 0 Å². The third-order valence-electron chi connectivity index (χ3n) is 1.84. The molecule has 2 N–H and O–H groups in total. The summed E-state index contributed by atoms with van der Waals surface area (Å²) in [4.78, 5) is 21.3. The number of carboxylic acid groups (broad SMARTS) is 1. The van der Waals surface area contributed by atoms with Crippen molar-refractivity contribution in [1.82, 2.24) is 5.32 Å². The van der Waals surface area contributed by atoms with Gasteiger partial charge < -0.3 is 10.4 Å². The molecule has 0 aromatic carbocycles. The van der Waals surface area contributed by atoms with E-state index in [-0.39, 0.29) is 12.5 Å². The molecular weight excluding hydrogens is 182 g/mol. The standard InChI is InChI=1S/C10H19NO3/c1-7(2)4-8(3)5-9(12)11-6-10(13)14/h7-8H,4-6H2,1-3H3,(H,11,12)(H,13,14). The second-order valence-corrected chi connectivity index (χ2v) is 4.11. The highest BCUT2D eigenvalue weighted by atomic mass is 16.4. The molecule has 0 aromatic rings. The number of amides is 1. The second-order valence-electron chi connectivity index (χ2n) is 4.11. The zero-order valence-corrected chi connectivity index (χ0v) is 9.04. The topological polar surface area (TPSA) is 66.4 Å². The van der Waals surface area contributed by atoms with Crippen LogP contribution in [0.3, 0.4) is 0 Å². The van der Waals surface area contributed by atoms with Gasteiger partial charge in [0.05, 0.1) is 0 Å². The van der Waals surface area contributed by atoms with Gasteiger partial charge in [0.15, 0.2) is 0 Å². The summed E-state index contributed by atoms with van der Waals surface area (Å²) in [6.45, 7) is 5.92. The van der Waals surface area contributed by atoms with Crippen LogP contribution in [0.1, 0.15) is 33.6 Å². The monoisotopic (exact) mass is 201 g/mol. The molecule has 0 radical (unpaired) electrons. The molecule has 14 heavy (non-hydrogen) atoms. The van der Waals surface area contributed by atoms with Gasteiger partial charge in [0.2, 0.25) is 5.91 Å². The first-order chi connectivity index (χ1) is 6.41. The maximum absolute atomic E-state index is 11.2. The van der Waals surface area contributed by atoms with E-state index in [0.29, 0.717) is 18.3 Å². The highest BCUT2D eigenvalue weighted by Gasteiger charge is 2.11. The Hall–Kier alpha value is -1.06. The van der Waals surface area contributed by atoms with Gasteiger partial charge in [-0.3, -0.25) is 9.59 Å². The van der Waals surface area contributed by atoms with Crippen LogP contribution in [0.5, 0.6) is 0 Å². The predicted octanol–water partition coefficient (Wildman–Crippen LogP) is 1.26. The van der Waals surface area contributed by atoms with Gasteiger partial charge in [-0.1, -0.05) is 20.8 Å². The third-order valence-corrected chi connectivity index (χ3v) is 1.84. The van der Waals surface area contributed by atoms with Crippen molar-refractivity contribution in [3.63, 3.8) is 0 Å². The van der Waals surface area contributed by atoms with Crippen molar-refractivity contribution in [2.24, 2.45) is 11.8 Å². The lowest BCUT2D eigenvalue weighted by Gasteiger charge is -2.12. The molecule has 0 aliphatic carbocycles. The van der Waals surface area contributed by atoms with Crippen molar-refractivity contribution in [2.45, 2.75) is 33.6 Å². The van der Waals surface area contributed by atoms with Crippen LogP contribution in [0, 0.1) is 11.8 Å². The number of hydrogen-bond acceptors (Lipinski definition) is 2. The molecule has 1 unspecified atom stereocenters. The van der Waals surface area contributed by atoms with Gasteiger partial charge in [-0.25, -0.2) is 0 Å². The summed E-state index contributed by atoms with van der Waals surface area (Å²) in [5.74, 6) is -0.309. The van der Waals surface area contributed by atoms with Crippen molar-refractivity contribution >= 4 is 11.9 Å². The lowest BCUT2D eigenvalue weighted by molar-refractivity contribution is -0.138. The van der Waals surface area contributed by atoms with Crippen molar-refractivity contribution in [2.75, 3.05) is 6.54 Å². The van der Waals surface area contributed by atoms with Crippen LogP contribution < -0.4 is 5.32 Å². The van der Waals surface area contributed by atoms with Crippen LogP contribution in [0.2, 0.25) is 0 Å². The summed E-state index contributed by atoms with van der Waals surface area (Å²) in [7, 11) is 0. The molecule has 0 saturated carbocycles. The van der Waals surface area contributed by atoms with Crippen molar-refractivity contribution in [3.8, 4) is 0 Å². The lowest BCUT2D eigenvalue weighted by atomic mass is 9.96. The fourth-order valence-corrected chi connectivity index (χ4v) is 1.45. The Morgan fingerprint density at radius 1 is 1.29 bits per heavy atom. The number of rotatable bonds is 6. The Labute approximate surface area is 84.7 Å². The molecule has 0 aliphatic rings. The highest BCUT2D eigenvalue weighted by Crippen LogP contribution is 2.13. The minimum atomic E-state index is -1.00. The number of carbonyl (C=O) groups excluding carboxylic acids is 1. The van der Waals surface area contributed by atoms with E-state index < -0.39 is 5.97 Å². The molecule has 0 rings (SSSR count). The van der Waals surface area contributed by atoms with Crippen LogP contribution in [0.4, 0.5) is 0 Å². The first-order valence-corrected chi connectivity index (χ1v) is 4.90. The molecule has 0 aliphatic heterocycles. The number of aliphatic carboxylic acids is 1. The smallest absolute Gasteiger partial charge is 0.322 e. The molecular formula is C10H19NO3. The van der Waals surface area contributed by atoms with E-state index in [1.54, 1.807) is 0 Å². The Morgan fingerprint density at radius 2 is 1.86 bits per heavy atom. The van der Waals surface area contributed by atoms with Gasteiger partial charge in [-0.15, -0.1) is 0 Å². The van der Waals surface area contributed by atoms with E-state index in [0.717, 1.165) is 6.42 Å². The first-order valence-electron chi connectivity index (χ1n) is 4.90. The predicted molar refractivity (Wildman–Crippen MR) is 53.9 cm³/mol. The van der Waals surface area contributed by atoms with Gasteiger partial charge >= 0.3 is 5.97 Å². The van der Waals surface area contributed by atoms with E-state index in [4.69, 9.17) is 5.11 Å². The maximum atomic E-state index is 11.2. The number of hydrogen-bond donors (Lipinski definition) is 2. The van der Waals surface area contributed by atoms with Crippen molar-refractivity contribution < 1.29 is 14.7 Å². The highest BCUT2D eigenvalue weighted by molar-refractivity contribution is 5.81. The van der Waals surface area contributed by atoms with Gasteiger partial charge in [0.25, 0.3) is 0 Å². The van der Waals surface area contributed by atoms with Gasteiger partial charge in [-0.05, 0) is 18.3 Å². The Bertz CT molecular complexity index is 202. The molecule has 0 saturated heterocycles. The fourth-order valence-electron chi connectivity index (χ4n) is 1.45. The van der Waals surface area contributed by atoms with Crippen LogP contribution >= 0.6 is 0 Å². The third kappa shape index (κ3) is 7.58. The average Bonchev–Trinajstić information content (AvgIpc) is 1.98. The molecule has 0 heterocycles. The SMILES string of the molecule is CC(C)CC(C)CC(=O)NCC(=O)O.